The summed E-state index contributed by atoms with van der Waals surface area (Å²) in [6.07, 6.45) is 0.691. The van der Waals surface area contributed by atoms with E-state index >= 15 is 0 Å². The number of nitrogens with two attached hydrogens (primary N) is 1. The summed E-state index contributed by atoms with van der Waals surface area (Å²) in [7, 11) is 1.58. The number of aromatic nitrogens is 4. The third-order valence-corrected chi connectivity index (χ3v) is 3.18. The number of nitrogen functional groups attached to an aromatic ring is 1. The topological polar surface area (TPSA) is 87.8 Å². The van der Waals surface area contributed by atoms with Crippen LogP contribution in [-0.4, -0.2) is 24.8 Å². The van der Waals surface area contributed by atoms with Gasteiger partial charge < -0.3 is 5.73 Å². The Labute approximate surface area is 114 Å². The second kappa shape index (κ2) is 5.08. The van der Waals surface area contributed by atoms with Crippen molar-refractivity contribution in [2.45, 2.75) is 26.4 Å². The summed E-state index contributed by atoms with van der Waals surface area (Å²) < 4.78 is 3.98. The molecule has 2 aromatic rings. The van der Waals surface area contributed by atoms with Crippen molar-refractivity contribution < 1.29 is 0 Å². The van der Waals surface area contributed by atoms with Gasteiger partial charge in [-0.25, -0.2) is 9.48 Å². The van der Waals surface area contributed by atoms with Gasteiger partial charge in [0.15, 0.2) is 5.65 Å². The van der Waals surface area contributed by atoms with Crippen molar-refractivity contribution in [1.29, 1.82) is 0 Å². The molecular weight excluding hydrogens is 270 g/mol. The molecule has 0 atom stereocenters. The summed E-state index contributed by atoms with van der Waals surface area (Å²) in [5.74, 6) is 0.580. The summed E-state index contributed by atoms with van der Waals surface area (Å²) in [5.41, 5.74) is 5.45. The van der Waals surface area contributed by atoms with E-state index in [-0.39, 0.29) is 16.9 Å². The smallest absolute Gasteiger partial charge is 0.332 e. The summed E-state index contributed by atoms with van der Waals surface area (Å²) >= 11 is 5.66. The van der Waals surface area contributed by atoms with E-state index in [9.17, 15) is 9.59 Å². The van der Waals surface area contributed by atoms with Crippen LogP contribution >= 0.6 is 11.6 Å². The Balaban J connectivity index is 2.87. The number of alkyl halides is 1. The molecule has 0 saturated carbocycles. The summed E-state index contributed by atoms with van der Waals surface area (Å²) in [6, 6.07) is 0. The minimum Gasteiger partial charge on any atom is -0.383 e. The molecule has 7 nitrogen and oxygen atoms in total. The number of hydrogen-bond donors (Lipinski definition) is 1. The summed E-state index contributed by atoms with van der Waals surface area (Å²) in [4.78, 5) is 24.4. The molecule has 0 aliphatic rings. The van der Waals surface area contributed by atoms with Crippen LogP contribution < -0.4 is 17.0 Å². The van der Waals surface area contributed by atoms with Gasteiger partial charge in [-0.1, -0.05) is 6.92 Å². The van der Waals surface area contributed by atoms with Crippen molar-refractivity contribution in [3.63, 3.8) is 0 Å². The normalized spacial score (nSPS) is 11.3. The molecule has 0 aliphatic heterocycles. The van der Waals surface area contributed by atoms with Crippen LogP contribution in [0.2, 0.25) is 0 Å². The zero-order chi connectivity index (χ0) is 14.2. The average Bonchev–Trinajstić information content (AvgIpc) is 2.71. The number of rotatable bonds is 4. The highest BCUT2D eigenvalue weighted by Gasteiger charge is 2.18. The van der Waals surface area contributed by atoms with E-state index in [1.165, 1.54) is 13.8 Å². The molecule has 0 saturated heterocycles. The van der Waals surface area contributed by atoms with Crippen molar-refractivity contribution in [3.05, 3.63) is 20.8 Å². The van der Waals surface area contributed by atoms with Gasteiger partial charge in [0, 0.05) is 19.5 Å². The van der Waals surface area contributed by atoms with Gasteiger partial charge in [-0.3, -0.25) is 13.9 Å². The first-order valence-corrected chi connectivity index (χ1v) is 6.58. The molecule has 2 aromatic heterocycles. The van der Waals surface area contributed by atoms with Crippen LogP contribution in [0.5, 0.6) is 0 Å². The molecule has 19 heavy (non-hydrogen) atoms. The van der Waals surface area contributed by atoms with Gasteiger partial charge >= 0.3 is 5.69 Å². The Kier molecular flexibility index (Phi) is 3.66. The van der Waals surface area contributed by atoms with Crippen LogP contribution in [-0.2, 0) is 20.1 Å². The second-order valence-electron chi connectivity index (χ2n) is 4.29. The predicted octanol–water partition coefficient (Wildman–Crippen LogP) is 0.128. The molecule has 0 amide bonds. The number of fused-ring (bicyclic) bond motifs is 1. The van der Waals surface area contributed by atoms with Gasteiger partial charge in [0.1, 0.15) is 11.2 Å². The van der Waals surface area contributed by atoms with Crippen molar-refractivity contribution in [3.8, 4) is 0 Å². The SMILES string of the molecule is CCCn1c(=O)c2c(N)n(CCCl)nc2n(C)c1=O. The molecule has 2 N–H and O–H groups in total. The molecule has 8 heteroatoms. The highest BCUT2D eigenvalue weighted by molar-refractivity contribution is 6.17. The van der Waals surface area contributed by atoms with Crippen LogP contribution in [0.3, 0.4) is 0 Å². The lowest BCUT2D eigenvalue weighted by Gasteiger charge is -2.05. The van der Waals surface area contributed by atoms with Gasteiger partial charge in [-0.05, 0) is 6.42 Å². The van der Waals surface area contributed by atoms with E-state index in [4.69, 9.17) is 17.3 Å². The predicted molar refractivity (Wildman–Crippen MR) is 74.7 cm³/mol. The lowest BCUT2D eigenvalue weighted by molar-refractivity contribution is 0.591. The number of nitrogens with zero attached hydrogens (tertiary/aromatic N) is 4. The first kappa shape index (κ1) is 13.7. The zero-order valence-corrected chi connectivity index (χ0v) is 11.6. The third-order valence-electron chi connectivity index (χ3n) is 3.01. The quantitative estimate of drug-likeness (QED) is 0.809. The van der Waals surface area contributed by atoms with Crippen LogP contribution in [0.1, 0.15) is 13.3 Å². The van der Waals surface area contributed by atoms with E-state index in [1.54, 1.807) is 7.05 Å². The van der Waals surface area contributed by atoms with E-state index < -0.39 is 5.56 Å². The van der Waals surface area contributed by atoms with E-state index in [0.29, 0.717) is 31.0 Å². The Morgan fingerprint density at radius 3 is 2.58 bits per heavy atom. The maximum atomic E-state index is 12.3. The molecule has 0 unspecified atom stereocenters. The summed E-state index contributed by atoms with van der Waals surface area (Å²) in [5, 5.41) is 4.46. The van der Waals surface area contributed by atoms with Crippen LogP contribution in [0, 0.1) is 0 Å². The number of hydrogen-bond acceptors (Lipinski definition) is 4. The largest absolute Gasteiger partial charge is 0.383 e. The van der Waals surface area contributed by atoms with E-state index in [1.807, 2.05) is 6.92 Å². The first-order valence-electron chi connectivity index (χ1n) is 6.04. The minimum atomic E-state index is -0.390. The molecule has 2 heterocycles. The lowest BCUT2D eigenvalue weighted by atomic mass is 10.3. The molecule has 2 rings (SSSR count). The van der Waals surface area contributed by atoms with Gasteiger partial charge in [0.05, 0.1) is 6.54 Å². The summed E-state index contributed by atoms with van der Waals surface area (Å²) in [6.45, 7) is 2.65. The average molecular weight is 286 g/mol. The number of aryl methyl sites for hydroxylation is 2. The lowest BCUT2D eigenvalue weighted by Crippen LogP contribution is -2.39. The fourth-order valence-corrected chi connectivity index (χ4v) is 2.23. The Morgan fingerprint density at radius 2 is 2.00 bits per heavy atom. The molecule has 0 aromatic carbocycles. The maximum Gasteiger partial charge on any atom is 0.332 e. The molecular formula is C11H16ClN5O2. The first-order chi connectivity index (χ1) is 9.02. The van der Waals surface area contributed by atoms with Crippen LogP contribution in [0.25, 0.3) is 11.0 Å². The van der Waals surface area contributed by atoms with Gasteiger partial charge in [-0.2, -0.15) is 5.10 Å². The van der Waals surface area contributed by atoms with Gasteiger partial charge in [-0.15, -0.1) is 11.6 Å². The van der Waals surface area contributed by atoms with Crippen molar-refractivity contribution >= 4 is 28.5 Å². The van der Waals surface area contributed by atoms with E-state index in [0.717, 1.165) is 0 Å². The van der Waals surface area contributed by atoms with Gasteiger partial charge in [0.25, 0.3) is 5.56 Å². The van der Waals surface area contributed by atoms with Gasteiger partial charge in [0.2, 0.25) is 0 Å². The monoisotopic (exact) mass is 285 g/mol. The van der Waals surface area contributed by atoms with Crippen molar-refractivity contribution in [2.24, 2.45) is 7.05 Å². The molecule has 0 aliphatic carbocycles. The Hall–Kier alpha value is -1.76. The fraction of sp³-hybridized carbons (Fsp3) is 0.545. The maximum absolute atomic E-state index is 12.3. The second-order valence-corrected chi connectivity index (χ2v) is 4.67. The molecule has 0 spiro atoms. The fourth-order valence-electron chi connectivity index (χ4n) is 2.07. The minimum absolute atomic E-state index is 0.251. The van der Waals surface area contributed by atoms with E-state index in [2.05, 4.69) is 5.10 Å². The van der Waals surface area contributed by atoms with Crippen LogP contribution in [0.4, 0.5) is 5.82 Å². The van der Waals surface area contributed by atoms with Crippen molar-refractivity contribution in [1.82, 2.24) is 18.9 Å². The molecule has 0 bridgehead atoms. The number of halogens is 1. The number of anilines is 1. The highest BCUT2D eigenvalue weighted by Crippen LogP contribution is 2.15. The molecule has 0 radical (unpaired) electrons. The zero-order valence-electron chi connectivity index (χ0n) is 10.9. The highest BCUT2D eigenvalue weighted by atomic mass is 35.5. The Morgan fingerprint density at radius 1 is 1.32 bits per heavy atom. The third kappa shape index (κ3) is 2.03. The standard InChI is InChI=1S/C11H16ClN5O2/c1-3-5-16-10(18)7-8(13)17(6-4-12)14-9(7)15(2)11(16)19/h3-6,13H2,1-2H3. The van der Waals surface area contributed by atoms with Crippen LogP contribution in [0.15, 0.2) is 9.59 Å². The van der Waals surface area contributed by atoms with Crippen molar-refractivity contribution in [2.75, 3.05) is 11.6 Å². The molecule has 0 fully saturated rings. The Bertz CT molecular complexity index is 727. The molecule has 104 valence electrons.